The fourth-order valence-electron chi connectivity index (χ4n) is 1.81. The normalized spacial score (nSPS) is 21.7. The number of nitrogens with zero attached hydrogens (tertiary/aromatic N) is 3. The summed E-state index contributed by atoms with van der Waals surface area (Å²) >= 11 is 2.01. The van der Waals surface area contributed by atoms with E-state index in [4.69, 9.17) is 10.3 Å². The topological polar surface area (TPSA) is 68.2 Å². The van der Waals surface area contributed by atoms with Crippen molar-refractivity contribution in [2.75, 3.05) is 18.8 Å². The van der Waals surface area contributed by atoms with E-state index in [1.54, 1.807) is 0 Å². The summed E-state index contributed by atoms with van der Waals surface area (Å²) in [4.78, 5) is 6.70. The van der Waals surface area contributed by atoms with E-state index in [-0.39, 0.29) is 12.4 Å². The van der Waals surface area contributed by atoms with Crippen LogP contribution >= 0.6 is 24.2 Å². The molecule has 0 aromatic carbocycles. The SMILES string of the molecule is CC1CN(Cc2nc(C(C)(C)N)no2)CCS1.Cl. The zero-order valence-corrected chi connectivity index (χ0v) is 12.7. The van der Waals surface area contributed by atoms with E-state index >= 15 is 0 Å². The van der Waals surface area contributed by atoms with Crippen LogP contribution in [-0.2, 0) is 12.1 Å². The van der Waals surface area contributed by atoms with Gasteiger partial charge in [0.05, 0.1) is 12.1 Å². The van der Waals surface area contributed by atoms with Gasteiger partial charge >= 0.3 is 0 Å². The van der Waals surface area contributed by atoms with Gasteiger partial charge in [-0.3, -0.25) is 4.90 Å². The molecule has 104 valence electrons. The van der Waals surface area contributed by atoms with E-state index in [9.17, 15) is 0 Å². The lowest BCUT2D eigenvalue weighted by Gasteiger charge is -2.29. The summed E-state index contributed by atoms with van der Waals surface area (Å²) in [5.41, 5.74) is 5.39. The molecule has 1 aromatic rings. The molecule has 2 N–H and O–H groups in total. The zero-order chi connectivity index (χ0) is 12.5. The molecule has 1 aromatic heterocycles. The molecule has 2 rings (SSSR count). The lowest BCUT2D eigenvalue weighted by molar-refractivity contribution is 0.234. The molecule has 18 heavy (non-hydrogen) atoms. The molecule has 7 heteroatoms. The number of nitrogens with two attached hydrogens (primary N) is 1. The molecule has 1 unspecified atom stereocenters. The number of thioether (sulfide) groups is 1. The minimum absolute atomic E-state index is 0. The number of rotatable bonds is 3. The molecule has 0 radical (unpaired) electrons. The third-order valence-corrected chi connectivity index (χ3v) is 3.86. The molecule has 1 fully saturated rings. The van der Waals surface area contributed by atoms with Gasteiger partial charge in [0.15, 0.2) is 5.82 Å². The van der Waals surface area contributed by atoms with Gasteiger partial charge in [-0.1, -0.05) is 12.1 Å². The van der Waals surface area contributed by atoms with Crippen molar-refractivity contribution < 1.29 is 4.52 Å². The Hall–Kier alpha value is -0.300. The van der Waals surface area contributed by atoms with Crippen LogP contribution in [0.1, 0.15) is 32.5 Å². The summed E-state index contributed by atoms with van der Waals surface area (Å²) < 4.78 is 5.24. The molecular formula is C11H21ClN4OS. The first-order valence-corrected chi connectivity index (χ1v) is 6.96. The lowest BCUT2D eigenvalue weighted by Crippen LogP contribution is -2.36. The fraction of sp³-hybridized carbons (Fsp3) is 0.818. The van der Waals surface area contributed by atoms with Crippen LogP contribution in [0.3, 0.4) is 0 Å². The first-order chi connectivity index (χ1) is 7.95. The second-order valence-corrected chi connectivity index (χ2v) is 6.70. The van der Waals surface area contributed by atoms with Gasteiger partial charge < -0.3 is 10.3 Å². The molecule has 2 heterocycles. The fourth-order valence-corrected chi connectivity index (χ4v) is 2.89. The summed E-state index contributed by atoms with van der Waals surface area (Å²) in [6.45, 7) is 8.89. The first-order valence-electron chi connectivity index (χ1n) is 5.91. The van der Waals surface area contributed by atoms with Gasteiger partial charge in [-0.25, -0.2) is 0 Å². The maximum Gasteiger partial charge on any atom is 0.240 e. The predicted octanol–water partition coefficient (Wildman–Crippen LogP) is 1.62. The highest BCUT2D eigenvalue weighted by molar-refractivity contribution is 7.99. The summed E-state index contributed by atoms with van der Waals surface area (Å²) in [5, 5.41) is 4.61. The van der Waals surface area contributed by atoms with Crippen LogP contribution in [0.15, 0.2) is 4.52 Å². The summed E-state index contributed by atoms with van der Waals surface area (Å²) in [6, 6.07) is 0. The van der Waals surface area contributed by atoms with Gasteiger partial charge in [-0.15, -0.1) is 12.4 Å². The van der Waals surface area contributed by atoms with E-state index in [0.29, 0.717) is 17.0 Å². The Labute approximate surface area is 118 Å². The Bertz CT molecular complexity index is 379. The van der Waals surface area contributed by atoms with Gasteiger partial charge in [-0.2, -0.15) is 16.7 Å². The number of hydrogen-bond acceptors (Lipinski definition) is 6. The monoisotopic (exact) mass is 292 g/mol. The Balaban J connectivity index is 0.00000162. The maximum absolute atomic E-state index is 5.92. The van der Waals surface area contributed by atoms with E-state index in [1.165, 1.54) is 5.75 Å². The van der Waals surface area contributed by atoms with Crippen molar-refractivity contribution in [3.63, 3.8) is 0 Å². The van der Waals surface area contributed by atoms with Crippen molar-refractivity contribution in [3.8, 4) is 0 Å². The number of halogens is 1. The summed E-state index contributed by atoms with van der Waals surface area (Å²) in [7, 11) is 0. The summed E-state index contributed by atoms with van der Waals surface area (Å²) in [6.07, 6.45) is 0. The number of hydrogen-bond donors (Lipinski definition) is 1. The number of aromatic nitrogens is 2. The van der Waals surface area contributed by atoms with Crippen LogP contribution in [0.4, 0.5) is 0 Å². The largest absolute Gasteiger partial charge is 0.338 e. The molecule has 0 amide bonds. The maximum atomic E-state index is 5.92. The van der Waals surface area contributed by atoms with Crippen molar-refractivity contribution in [2.45, 2.75) is 38.1 Å². The van der Waals surface area contributed by atoms with Gasteiger partial charge in [0.1, 0.15) is 0 Å². The molecule has 1 aliphatic heterocycles. The van der Waals surface area contributed by atoms with Crippen molar-refractivity contribution in [1.29, 1.82) is 0 Å². The van der Waals surface area contributed by atoms with Crippen LogP contribution in [0.5, 0.6) is 0 Å². The molecule has 5 nitrogen and oxygen atoms in total. The molecule has 1 aliphatic rings. The standard InChI is InChI=1S/C11H20N4OS.ClH/c1-8-6-15(4-5-17-8)7-9-13-10(14-16-9)11(2,3)12;/h8H,4-7,12H2,1-3H3;1H. The van der Waals surface area contributed by atoms with Crippen LogP contribution in [0.25, 0.3) is 0 Å². The van der Waals surface area contributed by atoms with Crippen LogP contribution < -0.4 is 5.73 Å². The average Bonchev–Trinajstić information content (AvgIpc) is 2.65. The van der Waals surface area contributed by atoms with Gasteiger partial charge in [0.2, 0.25) is 5.89 Å². The Morgan fingerprint density at radius 1 is 1.56 bits per heavy atom. The molecule has 0 spiro atoms. The molecule has 0 aliphatic carbocycles. The highest BCUT2D eigenvalue weighted by Crippen LogP contribution is 2.20. The smallest absolute Gasteiger partial charge is 0.240 e. The average molecular weight is 293 g/mol. The zero-order valence-electron chi connectivity index (χ0n) is 11.0. The van der Waals surface area contributed by atoms with E-state index in [2.05, 4.69) is 22.0 Å². The predicted molar refractivity (Wildman–Crippen MR) is 76.0 cm³/mol. The second kappa shape index (κ2) is 6.23. The lowest BCUT2D eigenvalue weighted by atomic mass is 10.1. The van der Waals surface area contributed by atoms with Crippen LogP contribution in [0, 0.1) is 0 Å². The van der Waals surface area contributed by atoms with Gasteiger partial charge in [0, 0.05) is 24.1 Å². The van der Waals surface area contributed by atoms with E-state index in [0.717, 1.165) is 19.6 Å². The molecule has 1 atom stereocenters. The van der Waals surface area contributed by atoms with E-state index < -0.39 is 5.54 Å². The molecule has 0 saturated carbocycles. The van der Waals surface area contributed by atoms with E-state index in [1.807, 2.05) is 25.6 Å². The van der Waals surface area contributed by atoms with Gasteiger partial charge in [0.25, 0.3) is 0 Å². The highest BCUT2D eigenvalue weighted by Gasteiger charge is 2.23. The first kappa shape index (κ1) is 15.8. The third kappa shape index (κ3) is 4.12. The molecule has 0 bridgehead atoms. The van der Waals surface area contributed by atoms with Gasteiger partial charge in [-0.05, 0) is 13.8 Å². The minimum atomic E-state index is -0.535. The Morgan fingerprint density at radius 3 is 2.83 bits per heavy atom. The molecule has 1 saturated heterocycles. The van der Waals surface area contributed by atoms with Crippen molar-refractivity contribution in [3.05, 3.63) is 11.7 Å². The van der Waals surface area contributed by atoms with Crippen LogP contribution in [-0.4, -0.2) is 39.1 Å². The second-order valence-electron chi connectivity index (χ2n) is 5.15. The Kier molecular flexibility index (Phi) is 5.46. The minimum Gasteiger partial charge on any atom is -0.338 e. The van der Waals surface area contributed by atoms with Crippen molar-refractivity contribution >= 4 is 24.2 Å². The quantitative estimate of drug-likeness (QED) is 0.913. The highest BCUT2D eigenvalue weighted by atomic mass is 35.5. The third-order valence-electron chi connectivity index (χ3n) is 2.73. The van der Waals surface area contributed by atoms with Crippen molar-refractivity contribution in [1.82, 2.24) is 15.0 Å². The summed E-state index contributed by atoms with van der Waals surface area (Å²) in [5.74, 6) is 2.41. The molecular weight excluding hydrogens is 272 g/mol. The Morgan fingerprint density at radius 2 is 2.28 bits per heavy atom. The van der Waals surface area contributed by atoms with Crippen molar-refractivity contribution in [2.24, 2.45) is 5.73 Å². The van der Waals surface area contributed by atoms with Crippen LogP contribution in [0.2, 0.25) is 0 Å².